The second-order valence-electron chi connectivity index (χ2n) is 5.76. The molecule has 138 valence electrons. The molecule has 3 heterocycles. The zero-order valence-corrected chi connectivity index (χ0v) is 15.1. The van der Waals surface area contributed by atoms with Crippen molar-refractivity contribution in [3.05, 3.63) is 65.0 Å². The summed E-state index contributed by atoms with van der Waals surface area (Å²) in [4.78, 5) is 44.4. The molecule has 3 aromatic rings. The van der Waals surface area contributed by atoms with E-state index in [1.165, 1.54) is 28.4 Å². The molecule has 0 aromatic carbocycles. The summed E-state index contributed by atoms with van der Waals surface area (Å²) in [5.74, 6) is -1.94. The van der Waals surface area contributed by atoms with Crippen molar-refractivity contribution in [3.8, 4) is 5.82 Å². The molecule has 0 spiro atoms. The fourth-order valence-corrected chi connectivity index (χ4v) is 3.26. The van der Waals surface area contributed by atoms with Crippen LogP contribution in [0, 0.1) is 0 Å². The van der Waals surface area contributed by atoms with E-state index in [1.807, 2.05) is 16.8 Å². The minimum atomic E-state index is -1.08. The van der Waals surface area contributed by atoms with Crippen LogP contribution < -0.4 is 11.1 Å². The maximum atomic E-state index is 12.7. The Morgan fingerprint density at radius 3 is 2.78 bits per heavy atom. The minimum absolute atomic E-state index is 0.200. The van der Waals surface area contributed by atoms with Gasteiger partial charge in [-0.1, -0.05) is 6.07 Å². The lowest BCUT2D eigenvalue weighted by atomic mass is 10.0. The average Bonchev–Trinajstić information content (AvgIpc) is 3.36. The number of nitrogens with two attached hydrogens (primary N) is 1. The number of nitrogens with zero attached hydrogens (tertiary/aromatic N) is 3. The number of imidazole rings is 1. The lowest BCUT2D eigenvalue weighted by Crippen LogP contribution is -2.46. The van der Waals surface area contributed by atoms with Gasteiger partial charge in [-0.25, -0.2) is 9.97 Å². The van der Waals surface area contributed by atoms with Crippen LogP contribution in [-0.2, 0) is 16.0 Å². The molecule has 9 heteroatoms. The quantitative estimate of drug-likeness (QED) is 0.565. The molecule has 0 aliphatic heterocycles. The Morgan fingerprint density at radius 2 is 2.11 bits per heavy atom. The lowest BCUT2D eigenvalue weighted by Gasteiger charge is -2.16. The molecule has 3 N–H and O–H groups in total. The summed E-state index contributed by atoms with van der Waals surface area (Å²) >= 11 is 1.54. The Kier molecular flexibility index (Phi) is 5.72. The molecule has 1 unspecified atom stereocenters. The lowest BCUT2D eigenvalue weighted by molar-refractivity contribution is -0.137. The van der Waals surface area contributed by atoms with Crippen LogP contribution in [0.5, 0.6) is 0 Å². The number of amides is 2. The highest BCUT2D eigenvalue weighted by Gasteiger charge is 2.26. The van der Waals surface area contributed by atoms with E-state index in [-0.39, 0.29) is 12.1 Å². The van der Waals surface area contributed by atoms with Gasteiger partial charge in [-0.2, -0.15) is 11.3 Å². The second kappa shape index (κ2) is 8.37. The maximum Gasteiger partial charge on any atom is 0.287 e. The molecular formula is C18H17N5O3S. The van der Waals surface area contributed by atoms with Crippen molar-refractivity contribution in [2.75, 3.05) is 0 Å². The topological polar surface area (TPSA) is 120 Å². The van der Waals surface area contributed by atoms with Crippen molar-refractivity contribution in [1.29, 1.82) is 0 Å². The van der Waals surface area contributed by atoms with E-state index in [4.69, 9.17) is 5.73 Å². The summed E-state index contributed by atoms with van der Waals surface area (Å²) in [6.07, 6.45) is 5.22. The van der Waals surface area contributed by atoms with E-state index in [0.29, 0.717) is 12.2 Å². The molecule has 0 fully saturated rings. The molecule has 0 saturated heterocycles. The number of nitrogens with one attached hydrogen (secondary N) is 1. The van der Waals surface area contributed by atoms with E-state index < -0.39 is 23.6 Å². The third-order valence-electron chi connectivity index (χ3n) is 3.93. The molecule has 0 aliphatic carbocycles. The molecule has 27 heavy (non-hydrogen) atoms. The first-order chi connectivity index (χ1) is 13.1. The van der Waals surface area contributed by atoms with Crippen LogP contribution in [0.25, 0.3) is 5.82 Å². The van der Waals surface area contributed by atoms with E-state index >= 15 is 0 Å². The summed E-state index contributed by atoms with van der Waals surface area (Å²) in [5.41, 5.74) is 6.36. The van der Waals surface area contributed by atoms with Crippen LogP contribution in [-0.4, -0.2) is 38.2 Å². The van der Waals surface area contributed by atoms with Gasteiger partial charge >= 0.3 is 0 Å². The van der Waals surface area contributed by atoms with Gasteiger partial charge in [-0.3, -0.25) is 19.0 Å². The number of carbonyl (C=O) groups is 3. The number of carbonyl (C=O) groups excluding carboxylic acids is 3. The number of rotatable bonds is 8. The highest BCUT2D eigenvalue weighted by atomic mass is 32.1. The summed E-state index contributed by atoms with van der Waals surface area (Å²) < 4.78 is 1.50. The van der Waals surface area contributed by atoms with Crippen molar-refractivity contribution in [2.45, 2.75) is 18.9 Å². The molecule has 0 aliphatic rings. The molecule has 2 amide bonds. The first kappa shape index (κ1) is 18.5. The van der Waals surface area contributed by atoms with Crippen LogP contribution in [0.2, 0.25) is 0 Å². The van der Waals surface area contributed by atoms with E-state index in [9.17, 15) is 14.4 Å². The molecule has 3 rings (SSSR count). The molecule has 0 saturated carbocycles. The van der Waals surface area contributed by atoms with Gasteiger partial charge in [0.05, 0.1) is 12.2 Å². The van der Waals surface area contributed by atoms with Gasteiger partial charge in [0.2, 0.25) is 5.78 Å². The minimum Gasteiger partial charge on any atom is -0.363 e. The highest BCUT2D eigenvalue weighted by Crippen LogP contribution is 2.12. The first-order valence-electron chi connectivity index (χ1n) is 8.15. The number of primary amides is 1. The zero-order valence-electron chi connectivity index (χ0n) is 14.2. The van der Waals surface area contributed by atoms with Gasteiger partial charge in [-0.15, -0.1) is 0 Å². The van der Waals surface area contributed by atoms with E-state index in [0.717, 1.165) is 5.56 Å². The predicted molar refractivity (Wildman–Crippen MR) is 99.5 cm³/mol. The van der Waals surface area contributed by atoms with Crippen LogP contribution in [0.4, 0.5) is 0 Å². The Balaban J connectivity index is 1.77. The van der Waals surface area contributed by atoms with Gasteiger partial charge in [0.25, 0.3) is 11.8 Å². The number of pyridine rings is 1. The van der Waals surface area contributed by atoms with Crippen molar-refractivity contribution in [1.82, 2.24) is 19.9 Å². The molecule has 3 aromatic heterocycles. The monoisotopic (exact) mass is 383 g/mol. The second-order valence-corrected chi connectivity index (χ2v) is 6.54. The normalized spacial score (nSPS) is 11.7. The summed E-state index contributed by atoms with van der Waals surface area (Å²) in [6, 6.07) is 6.17. The van der Waals surface area contributed by atoms with Gasteiger partial charge < -0.3 is 11.1 Å². The van der Waals surface area contributed by atoms with Crippen LogP contribution >= 0.6 is 11.3 Å². The van der Waals surface area contributed by atoms with Gasteiger partial charge in [0.1, 0.15) is 17.8 Å². The van der Waals surface area contributed by atoms with E-state index in [2.05, 4.69) is 15.3 Å². The molecule has 8 nitrogen and oxygen atoms in total. The van der Waals surface area contributed by atoms with Crippen molar-refractivity contribution < 1.29 is 14.4 Å². The largest absolute Gasteiger partial charge is 0.363 e. The molecule has 1 atom stereocenters. The van der Waals surface area contributed by atoms with Crippen molar-refractivity contribution in [3.63, 3.8) is 0 Å². The Morgan fingerprint density at radius 1 is 1.26 bits per heavy atom. The highest BCUT2D eigenvalue weighted by molar-refractivity contribution is 7.07. The third kappa shape index (κ3) is 4.45. The standard InChI is InChI=1S/C18H17N5O3S/c19-17(25)16(24)13(5-4-12-6-8-27-10-12)22-18(26)14-9-20-11-23(14)15-3-1-2-7-21-15/h1-3,6-11,13H,4-5H2,(H2,19,25)(H,22,26). The molecule has 0 radical (unpaired) electrons. The number of thiophene rings is 1. The predicted octanol–water partition coefficient (Wildman–Crippen LogP) is 1.11. The summed E-state index contributed by atoms with van der Waals surface area (Å²) in [5, 5.41) is 6.47. The Hall–Kier alpha value is -3.33. The van der Waals surface area contributed by atoms with Crippen LogP contribution in [0.1, 0.15) is 22.5 Å². The summed E-state index contributed by atoms with van der Waals surface area (Å²) in [6.45, 7) is 0. The van der Waals surface area contributed by atoms with Gasteiger partial charge in [-0.05, 0) is 47.4 Å². The maximum absolute atomic E-state index is 12.7. The van der Waals surface area contributed by atoms with Crippen molar-refractivity contribution >= 4 is 28.9 Å². The molecular weight excluding hydrogens is 366 g/mol. The number of hydrogen-bond donors (Lipinski definition) is 2. The third-order valence-corrected chi connectivity index (χ3v) is 4.67. The first-order valence-corrected chi connectivity index (χ1v) is 9.10. The number of ketones is 1. The number of aromatic nitrogens is 3. The number of hydrogen-bond acceptors (Lipinski definition) is 6. The van der Waals surface area contributed by atoms with Crippen LogP contribution in [0.15, 0.2) is 53.7 Å². The smallest absolute Gasteiger partial charge is 0.287 e. The molecule has 0 bridgehead atoms. The van der Waals surface area contributed by atoms with Gasteiger partial charge in [0, 0.05) is 6.20 Å². The number of Topliss-reactive ketones (excluding diaryl/α,β-unsaturated/α-hetero) is 1. The average molecular weight is 383 g/mol. The number of aryl methyl sites for hydroxylation is 1. The SMILES string of the molecule is NC(=O)C(=O)C(CCc1ccsc1)NC(=O)c1cncn1-c1ccccn1. The Bertz CT molecular complexity index is 937. The fraction of sp³-hybridized carbons (Fsp3) is 0.167. The van der Waals surface area contributed by atoms with Crippen molar-refractivity contribution in [2.24, 2.45) is 5.73 Å². The van der Waals surface area contributed by atoms with E-state index in [1.54, 1.807) is 24.4 Å². The summed E-state index contributed by atoms with van der Waals surface area (Å²) in [7, 11) is 0. The van der Waals surface area contributed by atoms with Crippen LogP contribution in [0.3, 0.4) is 0 Å². The fourth-order valence-electron chi connectivity index (χ4n) is 2.56. The zero-order chi connectivity index (χ0) is 19.2. The Labute approximate surface area is 159 Å². The van der Waals surface area contributed by atoms with Gasteiger partial charge in [0.15, 0.2) is 0 Å².